The van der Waals surface area contributed by atoms with Crippen LogP contribution < -0.4 is 21.3 Å². The molecule has 0 bridgehead atoms. The summed E-state index contributed by atoms with van der Waals surface area (Å²) in [6.45, 7) is 8.26. The summed E-state index contributed by atoms with van der Waals surface area (Å²) >= 11 is 0. The molecule has 1 aliphatic heterocycles. The molecule has 3 aliphatic carbocycles. The number of benzene rings is 3. The maximum absolute atomic E-state index is 14.9. The Morgan fingerprint density at radius 1 is 0.771 bits per heavy atom. The monoisotopic (exact) mass is 965 g/mol. The summed E-state index contributed by atoms with van der Waals surface area (Å²) in [7, 11) is 1.49. The number of carbonyl (C=O) groups excluding carboxylic acids is 6. The Hall–Kier alpha value is -6.00. The van der Waals surface area contributed by atoms with E-state index in [2.05, 4.69) is 51.6 Å². The van der Waals surface area contributed by atoms with E-state index in [-0.39, 0.29) is 94.6 Å². The largest absolute Gasteiger partial charge is 0.449 e. The van der Waals surface area contributed by atoms with Gasteiger partial charge in [-0.15, -0.1) is 0 Å². The first-order valence-corrected chi connectivity index (χ1v) is 25.2. The summed E-state index contributed by atoms with van der Waals surface area (Å²) < 4.78 is 22.4. The molecule has 0 unspecified atom stereocenters. The number of hydrogen-bond acceptors (Lipinski definition) is 10. The highest BCUT2D eigenvalue weighted by Gasteiger charge is 2.45. The summed E-state index contributed by atoms with van der Waals surface area (Å²) in [4.78, 5) is 84.7. The van der Waals surface area contributed by atoms with Gasteiger partial charge in [-0.05, 0) is 106 Å². The summed E-state index contributed by atoms with van der Waals surface area (Å²) in [5.74, 6) is -1.69. The lowest BCUT2D eigenvalue weighted by molar-refractivity contribution is -0.143. The Bertz CT molecular complexity index is 2270. The van der Waals surface area contributed by atoms with Gasteiger partial charge in [-0.25, -0.2) is 9.59 Å². The Morgan fingerprint density at radius 2 is 1.41 bits per heavy atom. The molecule has 378 valence electrons. The predicted molar refractivity (Wildman–Crippen MR) is 264 cm³/mol. The number of carbonyl (C=O) groups is 6. The zero-order chi connectivity index (χ0) is 49.8. The van der Waals surface area contributed by atoms with Gasteiger partial charge in [0.25, 0.3) is 0 Å². The Morgan fingerprint density at radius 3 is 2.10 bits per heavy atom. The normalized spacial score (nSPS) is 19.7. The lowest BCUT2D eigenvalue weighted by Gasteiger charge is -2.36. The fourth-order valence-electron chi connectivity index (χ4n) is 10.2. The van der Waals surface area contributed by atoms with Crippen molar-refractivity contribution in [3.8, 4) is 11.1 Å². The van der Waals surface area contributed by atoms with Gasteiger partial charge >= 0.3 is 12.2 Å². The highest BCUT2D eigenvalue weighted by atomic mass is 16.6. The first-order valence-electron chi connectivity index (χ1n) is 25.2. The van der Waals surface area contributed by atoms with Gasteiger partial charge in [0.15, 0.2) is 0 Å². The smallest absolute Gasteiger partial charge is 0.410 e. The molecule has 0 aromatic heterocycles. The van der Waals surface area contributed by atoms with Gasteiger partial charge in [0, 0.05) is 38.5 Å². The zero-order valence-electron chi connectivity index (χ0n) is 41.5. The van der Waals surface area contributed by atoms with E-state index in [4.69, 9.17) is 18.9 Å². The van der Waals surface area contributed by atoms with Crippen molar-refractivity contribution in [2.45, 2.75) is 134 Å². The Kier molecular flexibility index (Phi) is 17.9. The molecule has 3 aromatic carbocycles. The summed E-state index contributed by atoms with van der Waals surface area (Å²) in [6, 6.07) is 20.9. The average molecular weight is 965 g/mol. The van der Waals surface area contributed by atoms with Crippen molar-refractivity contribution in [3.63, 3.8) is 0 Å². The number of aryl methyl sites for hydroxylation is 1. The van der Waals surface area contributed by atoms with Crippen LogP contribution >= 0.6 is 0 Å². The molecule has 16 heteroatoms. The average Bonchev–Trinajstić information content (AvgIpc) is 3.92. The van der Waals surface area contributed by atoms with Crippen LogP contribution in [0.2, 0.25) is 0 Å². The molecular weight excluding hydrogens is 893 g/mol. The fraction of sp³-hybridized carbons (Fsp3) is 0.556. The van der Waals surface area contributed by atoms with Gasteiger partial charge < -0.3 is 45.1 Å². The molecule has 2 fully saturated rings. The first-order chi connectivity index (χ1) is 33.7. The highest BCUT2D eigenvalue weighted by molar-refractivity contribution is 5.95. The number of alkyl carbamates (subject to hydrolysis) is 1. The van der Waals surface area contributed by atoms with Gasteiger partial charge in [0.05, 0.1) is 32.5 Å². The lowest BCUT2D eigenvalue weighted by Crippen LogP contribution is -2.59. The van der Waals surface area contributed by atoms with Gasteiger partial charge in [0.1, 0.15) is 30.3 Å². The molecule has 1 saturated carbocycles. The van der Waals surface area contributed by atoms with Crippen molar-refractivity contribution in [2.24, 2.45) is 5.92 Å². The SMILES string of the molecule is C[C@@H](C(=O)N[C@H](C(=O)N1C[C@@H](NC(=O)CCOCCOCCNC(=O)OCC2c3ccccc3-c3ccccc32)C[C@H]1C(=O)N[C@@H]1CCCc2ccccc21)C1CCCCC1)N(C)C(=O)OC(C)(C)C. The van der Waals surface area contributed by atoms with Crippen molar-refractivity contribution in [1.82, 2.24) is 31.1 Å². The highest BCUT2D eigenvalue weighted by Crippen LogP contribution is 2.44. The molecule has 7 rings (SSSR count). The number of fused-ring (bicyclic) bond motifs is 4. The molecule has 6 amide bonds. The van der Waals surface area contributed by atoms with Crippen LogP contribution in [0.4, 0.5) is 9.59 Å². The second kappa shape index (κ2) is 24.2. The van der Waals surface area contributed by atoms with Crippen LogP contribution in [0.3, 0.4) is 0 Å². The third-order valence-corrected chi connectivity index (χ3v) is 14.0. The van der Waals surface area contributed by atoms with Gasteiger partial charge in [-0.1, -0.05) is 92.1 Å². The number of ether oxygens (including phenoxy) is 4. The fourth-order valence-corrected chi connectivity index (χ4v) is 10.2. The first kappa shape index (κ1) is 51.8. The minimum Gasteiger partial charge on any atom is -0.449 e. The minimum absolute atomic E-state index is 0.0267. The van der Waals surface area contributed by atoms with Gasteiger partial charge in [-0.3, -0.25) is 24.1 Å². The van der Waals surface area contributed by atoms with Crippen LogP contribution in [-0.4, -0.2) is 129 Å². The standard InChI is InChI=1S/C54H72N6O10/c1-35(59(5)53(66)70-54(2,3)4)49(62)58-48(37-17-7-6-8-18-37)51(64)60-33-38(32-46(60)50(63)57-45-25-15-19-36-16-9-10-20-39(36)45)56-47(61)26-28-67-30-31-68-29-27-55-52(65)69-34-44-42-23-13-11-21-40(42)41-22-12-14-24-43(41)44/h9-14,16,20-24,35,37-38,44-46,48H,6-8,15,17-19,25-34H2,1-5H3,(H,55,65)(H,56,61)(H,57,63)(H,58,62)/t35-,38-,45+,46-,48-/m0/s1. The lowest BCUT2D eigenvalue weighted by atomic mass is 9.83. The molecule has 70 heavy (non-hydrogen) atoms. The third-order valence-electron chi connectivity index (χ3n) is 14.0. The second-order valence-corrected chi connectivity index (χ2v) is 20.0. The number of likely N-dealkylation sites (N-methyl/N-ethyl adjacent to an activating group) is 1. The van der Waals surface area contributed by atoms with Crippen LogP contribution in [-0.2, 0) is 44.5 Å². The maximum atomic E-state index is 14.9. The van der Waals surface area contributed by atoms with Gasteiger partial charge in [0.2, 0.25) is 23.6 Å². The molecule has 1 heterocycles. The van der Waals surface area contributed by atoms with Crippen molar-refractivity contribution in [3.05, 3.63) is 95.1 Å². The van der Waals surface area contributed by atoms with Crippen LogP contribution in [0.15, 0.2) is 72.8 Å². The van der Waals surface area contributed by atoms with E-state index >= 15 is 0 Å². The number of likely N-dealkylation sites (tertiary alicyclic amines) is 1. The van der Waals surface area contributed by atoms with Crippen LogP contribution in [0.1, 0.15) is 120 Å². The molecule has 4 N–H and O–H groups in total. The summed E-state index contributed by atoms with van der Waals surface area (Å²) in [6.07, 6.45) is 5.93. The molecule has 3 aromatic rings. The molecule has 5 atom stereocenters. The number of nitrogens with one attached hydrogen (secondary N) is 4. The summed E-state index contributed by atoms with van der Waals surface area (Å²) in [5, 5.41) is 12.0. The van der Waals surface area contributed by atoms with Crippen molar-refractivity contribution >= 4 is 35.8 Å². The maximum Gasteiger partial charge on any atom is 0.410 e. The molecule has 16 nitrogen and oxygen atoms in total. The van der Waals surface area contributed by atoms with Crippen LogP contribution in [0.25, 0.3) is 11.1 Å². The van der Waals surface area contributed by atoms with Gasteiger partial charge in [-0.2, -0.15) is 0 Å². The van der Waals surface area contributed by atoms with E-state index in [0.29, 0.717) is 0 Å². The molecule has 0 radical (unpaired) electrons. The minimum atomic E-state index is -0.947. The number of amides is 6. The quantitative estimate of drug-likeness (QED) is 0.0958. The number of rotatable bonds is 19. The van der Waals surface area contributed by atoms with E-state index in [1.54, 1.807) is 27.7 Å². The van der Waals surface area contributed by atoms with Crippen molar-refractivity contribution in [1.29, 1.82) is 0 Å². The number of hydrogen-bond donors (Lipinski definition) is 4. The zero-order valence-corrected chi connectivity index (χ0v) is 41.5. The van der Waals surface area contributed by atoms with E-state index in [9.17, 15) is 28.8 Å². The molecular formula is C54H72N6O10. The molecule has 0 spiro atoms. The Balaban J connectivity index is 0.888. The van der Waals surface area contributed by atoms with Crippen LogP contribution in [0, 0.1) is 5.92 Å². The molecule has 1 saturated heterocycles. The molecule has 4 aliphatic rings. The summed E-state index contributed by atoms with van der Waals surface area (Å²) in [5.41, 5.74) is 6.10. The second-order valence-electron chi connectivity index (χ2n) is 20.0. The van der Waals surface area contributed by atoms with E-state index in [1.165, 1.54) is 22.4 Å². The number of nitrogens with zero attached hydrogens (tertiary/aromatic N) is 2. The van der Waals surface area contributed by atoms with Crippen LogP contribution in [0.5, 0.6) is 0 Å². The third kappa shape index (κ3) is 13.4. The predicted octanol–water partition coefficient (Wildman–Crippen LogP) is 6.55. The van der Waals surface area contributed by atoms with E-state index in [1.807, 2.05) is 42.5 Å². The Labute approximate surface area is 412 Å². The topological polar surface area (TPSA) is 194 Å². The van der Waals surface area contributed by atoms with E-state index in [0.717, 1.165) is 79.2 Å². The van der Waals surface area contributed by atoms with Crippen molar-refractivity contribution in [2.75, 3.05) is 53.2 Å². The van der Waals surface area contributed by atoms with E-state index < -0.39 is 47.9 Å². The van der Waals surface area contributed by atoms with Crippen molar-refractivity contribution < 1.29 is 47.7 Å².